The molecule has 1 unspecified atom stereocenters. The van der Waals surface area contributed by atoms with Crippen LogP contribution in [-0.2, 0) is 0 Å². The van der Waals surface area contributed by atoms with Gasteiger partial charge in [0.05, 0.1) is 5.54 Å². The van der Waals surface area contributed by atoms with Crippen LogP contribution in [0.4, 0.5) is 4.79 Å². The van der Waals surface area contributed by atoms with Crippen LogP contribution in [-0.4, -0.2) is 34.7 Å². The fourth-order valence-corrected chi connectivity index (χ4v) is 2.50. The maximum Gasteiger partial charge on any atom is 0.407 e. The lowest BCUT2D eigenvalue weighted by Crippen LogP contribution is -2.52. The van der Waals surface area contributed by atoms with E-state index in [0.717, 1.165) is 19.3 Å². The van der Waals surface area contributed by atoms with Crippen molar-refractivity contribution in [1.29, 1.82) is 0 Å². The zero-order valence-electron chi connectivity index (χ0n) is 8.99. The molecule has 0 bridgehead atoms. The summed E-state index contributed by atoms with van der Waals surface area (Å²) in [5.74, 6) is 0.485. The van der Waals surface area contributed by atoms with E-state index in [-0.39, 0.29) is 5.54 Å². The van der Waals surface area contributed by atoms with Gasteiger partial charge in [0.15, 0.2) is 0 Å². The molecule has 14 heavy (non-hydrogen) atoms. The normalized spacial score (nSPS) is 27.3. The van der Waals surface area contributed by atoms with Gasteiger partial charge in [0, 0.05) is 13.1 Å². The smallest absolute Gasteiger partial charge is 0.407 e. The zero-order chi connectivity index (χ0) is 10.8. The van der Waals surface area contributed by atoms with Crippen molar-refractivity contribution in [2.75, 3.05) is 13.1 Å². The molecule has 4 nitrogen and oxygen atoms in total. The first-order valence-corrected chi connectivity index (χ1v) is 5.22. The molecule has 4 heteroatoms. The van der Waals surface area contributed by atoms with Gasteiger partial charge < -0.3 is 15.7 Å². The lowest BCUT2D eigenvalue weighted by atomic mass is 9.86. The third kappa shape index (κ3) is 2.00. The molecule has 1 fully saturated rings. The van der Waals surface area contributed by atoms with Crippen LogP contribution in [0.15, 0.2) is 0 Å². The predicted molar refractivity (Wildman–Crippen MR) is 55.2 cm³/mol. The molecule has 0 spiro atoms. The van der Waals surface area contributed by atoms with Gasteiger partial charge in [0.25, 0.3) is 0 Å². The average Bonchev–Trinajstić information content (AvgIpc) is 2.48. The third-order valence-electron chi connectivity index (χ3n) is 3.00. The minimum absolute atomic E-state index is 0.292. The second-order valence-electron chi connectivity index (χ2n) is 4.56. The number of amides is 1. The first-order chi connectivity index (χ1) is 6.52. The van der Waals surface area contributed by atoms with Crippen molar-refractivity contribution in [3.8, 4) is 0 Å². The summed E-state index contributed by atoms with van der Waals surface area (Å²) >= 11 is 0. The molecule has 0 aliphatic carbocycles. The monoisotopic (exact) mass is 200 g/mol. The second kappa shape index (κ2) is 4.17. The molecule has 1 rings (SSSR count). The van der Waals surface area contributed by atoms with E-state index in [1.807, 2.05) is 0 Å². The number of carboxylic acid groups (broad SMARTS) is 1. The highest BCUT2D eigenvalue weighted by Crippen LogP contribution is 2.34. The van der Waals surface area contributed by atoms with Crippen molar-refractivity contribution < 1.29 is 9.90 Å². The Labute approximate surface area is 85.1 Å². The van der Waals surface area contributed by atoms with Gasteiger partial charge in [-0.25, -0.2) is 4.79 Å². The van der Waals surface area contributed by atoms with Crippen molar-refractivity contribution in [2.45, 2.75) is 38.6 Å². The molecule has 82 valence electrons. The van der Waals surface area contributed by atoms with Gasteiger partial charge in [-0.05, 0) is 25.2 Å². The highest BCUT2D eigenvalue weighted by atomic mass is 16.4. The van der Waals surface area contributed by atoms with Gasteiger partial charge in [-0.2, -0.15) is 0 Å². The number of carbonyl (C=O) groups is 1. The molecule has 1 aliphatic rings. The van der Waals surface area contributed by atoms with Crippen LogP contribution in [0.25, 0.3) is 0 Å². The summed E-state index contributed by atoms with van der Waals surface area (Å²) in [6.07, 6.45) is 1.90. The highest BCUT2D eigenvalue weighted by molar-refractivity contribution is 5.66. The van der Waals surface area contributed by atoms with Crippen molar-refractivity contribution in [2.24, 2.45) is 11.7 Å². The Bertz CT molecular complexity index is 218. The highest BCUT2D eigenvalue weighted by Gasteiger charge is 2.42. The van der Waals surface area contributed by atoms with Crippen molar-refractivity contribution in [1.82, 2.24) is 4.90 Å². The molecule has 1 atom stereocenters. The summed E-state index contributed by atoms with van der Waals surface area (Å²) in [6.45, 7) is 5.29. The van der Waals surface area contributed by atoms with Crippen molar-refractivity contribution in [3.05, 3.63) is 0 Å². The van der Waals surface area contributed by atoms with E-state index in [9.17, 15) is 4.79 Å². The van der Waals surface area contributed by atoms with E-state index in [1.54, 1.807) is 0 Å². The summed E-state index contributed by atoms with van der Waals surface area (Å²) < 4.78 is 0. The van der Waals surface area contributed by atoms with Crippen molar-refractivity contribution >= 4 is 6.09 Å². The Morgan fingerprint density at radius 2 is 2.29 bits per heavy atom. The molecule has 1 heterocycles. The maximum absolute atomic E-state index is 11.0. The maximum atomic E-state index is 11.0. The number of hydrogen-bond donors (Lipinski definition) is 2. The lowest BCUT2D eigenvalue weighted by Gasteiger charge is -2.37. The Balaban J connectivity index is 2.80. The van der Waals surface area contributed by atoms with Gasteiger partial charge in [0.2, 0.25) is 0 Å². The number of nitrogens with two attached hydrogens (primary N) is 1. The molecule has 1 aliphatic heterocycles. The van der Waals surface area contributed by atoms with E-state index in [0.29, 0.717) is 19.0 Å². The number of nitrogens with zero attached hydrogens (tertiary/aromatic N) is 1. The van der Waals surface area contributed by atoms with Gasteiger partial charge in [-0.15, -0.1) is 0 Å². The molecule has 0 aromatic carbocycles. The van der Waals surface area contributed by atoms with Crippen LogP contribution in [0.2, 0.25) is 0 Å². The minimum Gasteiger partial charge on any atom is -0.465 e. The van der Waals surface area contributed by atoms with Crippen molar-refractivity contribution in [3.63, 3.8) is 0 Å². The van der Waals surface area contributed by atoms with Gasteiger partial charge in [-0.3, -0.25) is 0 Å². The molecule has 1 amide bonds. The quantitative estimate of drug-likeness (QED) is 0.725. The summed E-state index contributed by atoms with van der Waals surface area (Å²) in [7, 11) is 0. The first kappa shape index (κ1) is 11.3. The third-order valence-corrected chi connectivity index (χ3v) is 3.00. The number of hydrogen-bond acceptors (Lipinski definition) is 2. The Morgan fingerprint density at radius 3 is 2.71 bits per heavy atom. The molecule has 1 saturated heterocycles. The van der Waals surface area contributed by atoms with E-state index in [2.05, 4.69) is 13.8 Å². The van der Waals surface area contributed by atoms with Gasteiger partial charge >= 0.3 is 6.09 Å². The van der Waals surface area contributed by atoms with Crippen LogP contribution in [0, 0.1) is 5.92 Å². The first-order valence-electron chi connectivity index (χ1n) is 5.22. The zero-order valence-corrected chi connectivity index (χ0v) is 8.99. The largest absolute Gasteiger partial charge is 0.465 e. The van der Waals surface area contributed by atoms with Crippen LogP contribution in [0.3, 0.4) is 0 Å². The van der Waals surface area contributed by atoms with Crippen LogP contribution in [0.1, 0.15) is 33.1 Å². The molecular formula is C10H20N2O2. The number of rotatable bonds is 3. The minimum atomic E-state index is -0.825. The molecule has 0 aromatic heterocycles. The molecule has 0 aromatic rings. The van der Waals surface area contributed by atoms with Crippen LogP contribution < -0.4 is 5.73 Å². The SMILES string of the molecule is CC(C)CC1(CN)CCCN1C(=O)O. The topological polar surface area (TPSA) is 66.6 Å². The molecule has 0 saturated carbocycles. The summed E-state index contributed by atoms with van der Waals surface area (Å²) in [5.41, 5.74) is 5.45. The fraction of sp³-hybridized carbons (Fsp3) is 0.900. The summed E-state index contributed by atoms with van der Waals surface area (Å²) in [5, 5.41) is 9.06. The molecule has 3 N–H and O–H groups in total. The molecule has 0 radical (unpaired) electrons. The van der Waals surface area contributed by atoms with Crippen LogP contribution >= 0.6 is 0 Å². The average molecular weight is 200 g/mol. The van der Waals surface area contributed by atoms with Gasteiger partial charge in [-0.1, -0.05) is 13.8 Å². The Hall–Kier alpha value is -0.770. The fourth-order valence-electron chi connectivity index (χ4n) is 2.50. The van der Waals surface area contributed by atoms with Gasteiger partial charge in [0.1, 0.15) is 0 Å². The van der Waals surface area contributed by atoms with Crippen LogP contribution in [0.5, 0.6) is 0 Å². The summed E-state index contributed by atoms with van der Waals surface area (Å²) in [4.78, 5) is 12.6. The predicted octanol–water partition coefficient (Wildman–Crippen LogP) is 1.50. The summed E-state index contributed by atoms with van der Waals surface area (Å²) in [6, 6.07) is 0. The van der Waals surface area contributed by atoms with E-state index in [1.165, 1.54) is 4.90 Å². The lowest BCUT2D eigenvalue weighted by molar-refractivity contribution is 0.0936. The number of likely N-dealkylation sites (tertiary alicyclic amines) is 1. The Kier molecular flexibility index (Phi) is 3.37. The van der Waals surface area contributed by atoms with E-state index < -0.39 is 6.09 Å². The second-order valence-corrected chi connectivity index (χ2v) is 4.56. The van der Waals surface area contributed by atoms with E-state index >= 15 is 0 Å². The standard InChI is InChI=1S/C10H20N2O2/c1-8(2)6-10(7-11)4-3-5-12(10)9(13)14/h8H,3-7,11H2,1-2H3,(H,13,14). The van der Waals surface area contributed by atoms with E-state index in [4.69, 9.17) is 10.8 Å². The molecular weight excluding hydrogens is 180 g/mol. The Morgan fingerprint density at radius 1 is 1.64 bits per heavy atom.